The van der Waals surface area contributed by atoms with Gasteiger partial charge in [-0.05, 0) is 73.7 Å². The van der Waals surface area contributed by atoms with Gasteiger partial charge < -0.3 is 19.5 Å². The normalized spacial score (nSPS) is 10.8. The third-order valence-corrected chi connectivity index (χ3v) is 5.65. The van der Waals surface area contributed by atoms with E-state index in [9.17, 15) is 13.2 Å². The summed E-state index contributed by atoms with van der Waals surface area (Å²) < 4.78 is 44.4. The summed E-state index contributed by atoms with van der Waals surface area (Å²) in [4.78, 5) is 11.4. The molecule has 0 saturated carbocycles. The number of nitrogens with one attached hydrogen (secondary N) is 2. The molecule has 0 unspecified atom stereocenters. The minimum absolute atomic E-state index is 0.0169. The zero-order valence-electron chi connectivity index (χ0n) is 17.9. The Morgan fingerprint density at radius 2 is 1.50 bits per heavy atom. The van der Waals surface area contributed by atoms with Gasteiger partial charge in [-0.3, -0.25) is 9.52 Å². The Kier molecular flexibility index (Phi) is 7.21. The van der Waals surface area contributed by atoms with Gasteiger partial charge in [0.2, 0.25) is 5.91 Å². The van der Waals surface area contributed by atoms with Gasteiger partial charge in [0.25, 0.3) is 10.0 Å². The zero-order chi connectivity index (χ0) is 23.1. The van der Waals surface area contributed by atoms with Crippen molar-refractivity contribution in [2.24, 2.45) is 0 Å². The van der Waals surface area contributed by atoms with Crippen LogP contribution in [0.5, 0.6) is 23.0 Å². The fourth-order valence-electron chi connectivity index (χ4n) is 2.85. The summed E-state index contributed by atoms with van der Waals surface area (Å²) in [6, 6.07) is 17.9. The van der Waals surface area contributed by atoms with E-state index in [2.05, 4.69) is 10.0 Å². The van der Waals surface area contributed by atoms with Gasteiger partial charge in [-0.25, -0.2) is 8.42 Å². The van der Waals surface area contributed by atoms with Crippen molar-refractivity contribution in [3.63, 3.8) is 0 Å². The molecule has 8 nitrogen and oxygen atoms in total. The maximum Gasteiger partial charge on any atom is 0.261 e. The molecule has 0 spiro atoms. The molecule has 9 heteroatoms. The highest BCUT2D eigenvalue weighted by Gasteiger charge is 2.17. The Hall–Kier alpha value is -3.72. The van der Waals surface area contributed by atoms with Gasteiger partial charge in [0.15, 0.2) is 0 Å². The first-order valence-corrected chi connectivity index (χ1v) is 11.3. The van der Waals surface area contributed by atoms with Crippen molar-refractivity contribution in [2.45, 2.75) is 18.7 Å². The van der Waals surface area contributed by atoms with E-state index in [1.165, 1.54) is 32.2 Å². The van der Waals surface area contributed by atoms with Gasteiger partial charge in [-0.2, -0.15) is 0 Å². The van der Waals surface area contributed by atoms with Crippen molar-refractivity contribution < 1.29 is 27.4 Å². The van der Waals surface area contributed by atoms with Crippen molar-refractivity contribution >= 4 is 27.3 Å². The summed E-state index contributed by atoms with van der Waals surface area (Å²) in [7, 11) is -2.46. The smallest absolute Gasteiger partial charge is 0.261 e. The topological polar surface area (TPSA) is 103 Å². The minimum atomic E-state index is -3.89. The number of benzene rings is 3. The number of hydrogen-bond acceptors (Lipinski definition) is 6. The van der Waals surface area contributed by atoms with Crippen LogP contribution >= 0.6 is 0 Å². The third kappa shape index (κ3) is 5.92. The lowest BCUT2D eigenvalue weighted by molar-refractivity contribution is -0.114. The summed E-state index contributed by atoms with van der Waals surface area (Å²) in [5, 5.41) is 2.56. The molecule has 0 aliphatic rings. The molecule has 0 saturated heterocycles. The highest BCUT2D eigenvalue weighted by atomic mass is 32.2. The number of anilines is 2. The maximum absolute atomic E-state index is 12.8. The maximum atomic E-state index is 12.8. The van der Waals surface area contributed by atoms with Crippen molar-refractivity contribution in [1.29, 1.82) is 0 Å². The van der Waals surface area contributed by atoms with Crippen molar-refractivity contribution in [3.8, 4) is 23.0 Å². The van der Waals surface area contributed by atoms with Gasteiger partial charge in [0.1, 0.15) is 23.0 Å². The molecule has 0 bridgehead atoms. The summed E-state index contributed by atoms with van der Waals surface area (Å²) >= 11 is 0. The van der Waals surface area contributed by atoms with Crippen LogP contribution in [0.3, 0.4) is 0 Å². The van der Waals surface area contributed by atoms with Crippen LogP contribution in [0.25, 0.3) is 0 Å². The Morgan fingerprint density at radius 1 is 0.906 bits per heavy atom. The average Bonchev–Trinajstić information content (AvgIpc) is 2.76. The molecule has 2 N–H and O–H groups in total. The first-order chi connectivity index (χ1) is 15.3. The van der Waals surface area contributed by atoms with E-state index < -0.39 is 10.0 Å². The van der Waals surface area contributed by atoms with Crippen LogP contribution in [0, 0.1) is 0 Å². The molecule has 1 amide bonds. The fourth-order valence-corrected chi connectivity index (χ4v) is 3.94. The number of amides is 1. The van der Waals surface area contributed by atoms with E-state index in [1.807, 2.05) is 19.1 Å². The molecule has 0 heterocycles. The summed E-state index contributed by atoms with van der Waals surface area (Å²) in [5.74, 6) is 1.95. The number of rotatable bonds is 9. The average molecular weight is 457 g/mol. The summed E-state index contributed by atoms with van der Waals surface area (Å²) in [6.45, 7) is 3.83. The van der Waals surface area contributed by atoms with Gasteiger partial charge in [0.05, 0.1) is 24.3 Å². The second kappa shape index (κ2) is 10.1. The minimum Gasteiger partial charge on any atom is -0.495 e. The lowest BCUT2D eigenvalue weighted by atomic mass is 10.3. The Balaban J connectivity index is 1.72. The van der Waals surface area contributed by atoms with Crippen LogP contribution in [0.4, 0.5) is 11.4 Å². The van der Waals surface area contributed by atoms with E-state index in [1.54, 1.807) is 36.4 Å². The molecular weight excluding hydrogens is 432 g/mol. The summed E-state index contributed by atoms with van der Waals surface area (Å²) in [5.41, 5.74) is 0.628. The number of hydrogen-bond donors (Lipinski definition) is 2. The monoisotopic (exact) mass is 456 g/mol. The first-order valence-electron chi connectivity index (χ1n) is 9.80. The van der Waals surface area contributed by atoms with Crippen LogP contribution in [0.2, 0.25) is 0 Å². The Labute approximate surface area is 187 Å². The zero-order valence-corrected chi connectivity index (χ0v) is 18.7. The van der Waals surface area contributed by atoms with Crippen molar-refractivity contribution in [3.05, 3.63) is 66.7 Å². The highest BCUT2D eigenvalue weighted by molar-refractivity contribution is 7.92. The van der Waals surface area contributed by atoms with E-state index in [4.69, 9.17) is 14.2 Å². The van der Waals surface area contributed by atoms with E-state index in [0.717, 1.165) is 5.75 Å². The van der Waals surface area contributed by atoms with Gasteiger partial charge in [0, 0.05) is 12.6 Å². The van der Waals surface area contributed by atoms with E-state index >= 15 is 0 Å². The molecule has 32 heavy (non-hydrogen) atoms. The van der Waals surface area contributed by atoms with Crippen LogP contribution in [-0.4, -0.2) is 28.0 Å². The number of carbonyl (C=O) groups is 1. The van der Waals surface area contributed by atoms with Crippen LogP contribution < -0.4 is 24.2 Å². The fraction of sp³-hybridized carbons (Fsp3) is 0.174. The van der Waals surface area contributed by atoms with Gasteiger partial charge in [-0.15, -0.1) is 0 Å². The molecule has 0 radical (unpaired) electrons. The highest BCUT2D eigenvalue weighted by Crippen LogP contribution is 2.29. The molecule has 0 aliphatic heterocycles. The van der Waals surface area contributed by atoms with Crippen molar-refractivity contribution in [2.75, 3.05) is 23.8 Å². The second-order valence-electron chi connectivity index (χ2n) is 6.68. The number of sulfonamides is 1. The molecule has 0 atom stereocenters. The Morgan fingerprint density at radius 3 is 2.06 bits per heavy atom. The molecule has 0 aliphatic carbocycles. The quantitative estimate of drug-likeness (QED) is 0.486. The lowest BCUT2D eigenvalue weighted by Gasteiger charge is -2.13. The predicted molar refractivity (Wildman–Crippen MR) is 122 cm³/mol. The molecule has 0 aromatic heterocycles. The lowest BCUT2D eigenvalue weighted by Crippen LogP contribution is -2.14. The molecule has 0 fully saturated rings. The van der Waals surface area contributed by atoms with Crippen LogP contribution in [0.15, 0.2) is 71.6 Å². The third-order valence-electron chi connectivity index (χ3n) is 4.27. The standard InChI is InChI=1S/C23H24N2O6S/c1-4-30-18-9-11-20(12-10-18)31-19-7-5-17(6-8-19)25-32(27,28)21-13-14-23(29-3)22(15-21)24-16(2)26/h5-15,25H,4H2,1-3H3,(H,24,26). The van der Waals surface area contributed by atoms with E-state index in [0.29, 0.717) is 29.5 Å². The number of carbonyl (C=O) groups excluding carboxylic acids is 1. The van der Waals surface area contributed by atoms with E-state index in [-0.39, 0.29) is 16.5 Å². The van der Waals surface area contributed by atoms with Gasteiger partial charge in [-0.1, -0.05) is 0 Å². The second-order valence-corrected chi connectivity index (χ2v) is 8.36. The predicted octanol–water partition coefficient (Wildman–Crippen LogP) is 4.65. The van der Waals surface area contributed by atoms with Crippen LogP contribution in [-0.2, 0) is 14.8 Å². The first kappa shape index (κ1) is 23.0. The Bertz CT molecular complexity index is 1180. The molecule has 3 aromatic carbocycles. The largest absolute Gasteiger partial charge is 0.495 e. The van der Waals surface area contributed by atoms with Crippen molar-refractivity contribution in [1.82, 2.24) is 0 Å². The SMILES string of the molecule is CCOc1ccc(Oc2ccc(NS(=O)(=O)c3ccc(OC)c(NC(C)=O)c3)cc2)cc1. The molecule has 3 aromatic rings. The molecule has 168 valence electrons. The molecule has 3 rings (SSSR count). The van der Waals surface area contributed by atoms with Crippen LogP contribution in [0.1, 0.15) is 13.8 Å². The summed E-state index contributed by atoms with van der Waals surface area (Å²) in [6.07, 6.45) is 0. The number of methoxy groups -OCH3 is 1. The number of ether oxygens (including phenoxy) is 3. The van der Waals surface area contributed by atoms with Gasteiger partial charge >= 0.3 is 0 Å². The molecular formula is C23H24N2O6S.